The van der Waals surface area contributed by atoms with Crippen LogP contribution in [0.3, 0.4) is 0 Å². The molecule has 2 aliphatic rings. The zero-order valence-electron chi connectivity index (χ0n) is 13.7. The lowest BCUT2D eigenvalue weighted by molar-refractivity contribution is -0.132. The summed E-state index contributed by atoms with van der Waals surface area (Å²) in [6.07, 6.45) is 5.01. The van der Waals surface area contributed by atoms with Gasteiger partial charge in [0.25, 0.3) is 0 Å². The van der Waals surface area contributed by atoms with E-state index in [0.29, 0.717) is 6.54 Å². The molecule has 0 N–H and O–H groups in total. The average Bonchev–Trinajstić information content (AvgIpc) is 2.84. The van der Waals surface area contributed by atoms with E-state index >= 15 is 0 Å². The highest BCUT2D eigenvalue weighted by atomic mass is 19.1. The first-order chi connectivity index (χ1) is 11.2. The van der Waals surface area contributed by atoms with Crippen LogP contribution in [-0.4, -0.2) is 61.5 Å². The fourth-order valence-electron chi connectivity index (χ4n) is 3.45. The van der Waals surface area contributed by atoms with Gasteiger partial charge in [-0.2, -0.15) is 0 Å². The Morgan fingerprint density at radius 3 is 2.09 bits per heavy atom. The van der Waals surface area contributed by atoms with Crippen molar-refractivity contribution in [1.82, 2.24) is 9.80 Å². The Balaban J connectivity index is 1.48. The van der Waals surface area contributed by atoms with Crippen LogP contribution in [0.15, 0.2) is 24.3 Å². The number of amides is 1. The Labute approximate surface area is 137 Å². The van der Waals surface area contributed by atoms with E-state index in [-0.39, 0.29) is 11.7 Å². The summed E-state index contributed by atoms with van der Waals surface area (Å²) in [5, 5.41) is 0. The zero-order chi connectivity index (χ0) is 16.1. The highest BCUT2D eigenvalue weighted by Crippen LogP contribution is 2.17. The molecule has 126 valence electrons. The number of hydrogen-bond acceptors (Lipinski definition) is 3. The molecule has 5 heteroatoms. The minimum Gasteiger partial charge on any atom is -0.368 e. The summed E-state index contributed by atoms with van der Waals surface area (Å²) >= 11 is 0. The van der Waals surface area contributed by atoms with E-state index in [2.05, 4.69) is 9.80 Å². The maximum atomic E-state index is 13.0. The van der Waals surface area contributed by atoms with Gasteiger partial charge in [0.15, 0.2) is 0 Å². The molecule has 2 heterocycles. The van der Waals surface area contributed by atoms with Gasteiger partial charge in [-0.25, -0.2) is 4.39 Å². The number of nitrogens with zero attached hydrogens (tertiary/aromatic N) is 3. The molecule has 0 aliphatic carbocycles. The van der Waals surface area contributed by atoms with Crippen LogP contribution in [-0.2, 0) is 4.79 Å². The van der Waals surface area contributed by atoms with Crippen molar-refractivity contribution in [3.05, 3.63) is 30.1 Å². The average molecular weight is 319 g/mol. The first-order valence-electron chi connectivity index (χ1n) is 8.73. The molecule has 1 aromatic carbocycles. The van der Waals surface area contributed by atoms with Gasteiger partial charge in [0, 0.05) is 31.9 Å². The van der Waals surface area contributed by atoms with Crippen LogP contribution in [0.5, 0.6) is 0 Å². The van der Waals surface area contributed by atoms with Crippen molar-refractivity contribution in [2.45, 2.75) is 25.7 Å². The Morgan fingerprint density at radius 2 is 1.48 bits per heavy atom. The van der Waals surface area contributed by atoms with E-state index < -0.39 is 0 Å². The smallest absolute Gasteiger partial charge is 0.236 e. The summed E-state index contributed by atoms with van der Waals surface area (Å²) in [6.45, 7) is 5.82. The molecule has 0 spiro atoms. The summed E-state index contributed by atoms with van der Waals surface area (Å²) in [6, 6.07) is 6.60. The lowest BCUT2D eigenvalue weighted by Crippen LogP contribution is -2.51. The maximum absolute atomic E-state index is 13.0. The first kappa shape index (κ1) is 16.2. The number of anilines is 1. The van der Waals surface area contributed by atoms with Crippen molar-refractivity contribution in [1.29, 1.82) is 0 Å². The molecule has 0 atom stereocenters. The minimum absolute atomic E-state index is 0.208. The zero-order valence-corrected chi connectivity index (χ0v) is 13.7. The van der Waals surface area contributed by atoms with Crippen molar-refractivity contribution >= 4 is 11.6 Å². The molecular weight excluding hydrogens is 293 g/mol. The summed E-state index contributed by atoms with van der Waals surface area (Å²) < 4.78 is 13.0. The van der Waals surface area contributed by atoms with Crippen LogP contribution >= 0.6 is 0 Å². The van der Waals surface area contributed by atoms with Gasteiger partial charge in [-0.3, -0.25) is 9.69 Å². The van der Waals surface area contributed by atoms with Crippen molar-refractivity contribution in [3.63, 3.8) is 0 Å². The number of likely N-dealkylation sites (tertiary alicyclic amines) is 1. The predicted octanol–water partition coefficient (Wildman–Crippen LogP) is 2.35. The van der Waals surface area contributed by atoms with Crippen LogP contribution in [0.1, 0.15) is 25.7 Å². The fourth-order valence-corrected chi connectivity index (χ4v) is 3.45. The number of rotatable bonds is 3. The summed E-state index contributed by atoms with van der Waals surface area (Å²) in [4.78, 5) is 19.0. The fraction of sp³-hybridized carbons (Fsp3) is 0.611. The Morgan fingerprint density at radius 1 is 0.870 bits per heavy atom. The number of carbonyl (C=O) groups is 1. The van der Waals surface area contributed by atoms with E-state index in [1.165, 1.54) is 37.8 Å². The molecule has 2 saturated heterocycles. The van der Waals surface area contributed by atoms with Crippen molar-refractivity contribution in [3.8, 4) is 0 Å². The topological polar surface area (TPSA) is 26.8 Å². The summed E-state index contributed by atoms with van der Waals surface area (Å²) in [7, 11) is 0. The van der Waals surface area contributed by atoms with E-state index in [4.69, 9.17) is 0 Å². The van der Waals surface area contributed by atoms with Crippen LogP contribution in [0.25, 0.3) is 0 Å². The van der Waals surface area contributed by atoms with Crippen LogP contribution in [0.4, 0.5) is 10.1 Å². The van der Waals surface area contributed by atoms with Gasteiger partial charge < -0.3 is 9.80 Å². The molecule has 4 nitrogen and oxygen atoms in total. The van der Waals surface area contributed by atoms with E-state index in [0.717, 1.165) is 45.0 Å². The standard InChI is InChI=1S/C18H26FN3O/c19-16-5-7-17(8-6-16)21-11-13-22(14-12-21)18(23)15-20-9-3-1-2-4-10-20/h5-8H,1-4,9-15H2. The second kappa shape index (κ2) is 7.77. The van der Waals surface area contributed by atoms with Crippen molar-refractivity contribution < 1.29 is 9.18 Å². The van der Waals surface area contributed by atoms with Crippen LogP contribution in [0, 0.1) is 5.82 Å². The normalized spacial score (nSPS) is 20.4. The number of halogens is 1. The quantitative estimate of drug-likeness (QED) is 0.856. The van der Waals surface area contributed by atoms with Gasteiger partial charge in [0.05, 0.1) is 6.54 Å². The third-order valence-electron chi connectivity index (χ3n) is 4.88. The Kier molecular flexibility index (Phi) is 5.49. The van der Waals surface area contributed by atoms with E-state index in [1.54, 1.807) is 0 Å². The first-order valence-corrected chi connectivity index (χ1v) is 8.73. The van der Waals surface area contributed by atoms with Crippen LogP contribution in [0.2, 0.25) is 0 Å². The molecule has 1 aromatic rings. The van der Waals surface area contributed by atoms with E-state index in [1.807, 2.05) is 17.0 Å². The monoisotopic (exact) mass is 319 g/mol. The molecule has 0 unspecified atom stereocenters. The molecule has 2 fully saturated rings. The minimum atomic E-state index is -0.208. The predicted molar refractivity (Wildman–Crippen MR) is 90.1 cm³/mol. The Hall–Kier alpha value is -1.62. The lowest BCUT2D eigenvalue weighted by Gasteiger charge is -2.37. The number of carbonyl (C=O) groups excluding carboxylic acids is 1. The molecule has 3 rings (SSSR count). The number of hydrogen-bond donors (Lipinski definition) is 0. The van der Waals surface area contributed by atoms with Gasteiger partial charge in [-0.15, -0.1) is 0 Å². The van der Waals surface area contributed by atoms with Crippen molar-refractivity contribution in [2.75, 3.05) is 50.7 Å². The molecule has 2 aliphatic heterocycles. The van der Waals surface area contributed by atoms with E-state index in [9.17, 15) is 9.18 Å². The van der Waals surface area contributed by atoms with Gasteiger partial charge in [-0.1, -0.05) is 12.8 Å². The molecular formula is C18H26FN3O. The van der Waals surface area contributed by atoms with Gasteiger partial charge >= 0.3 is 0 Å². The van der Waals surface area contributed by atoms with Crippen molar-refractivity contribution in [2.24, 2.45) is 0 Å². The molecule has 0 saturated carbocycles. The lowest BCUT2D eigenvalue weighted by atomic mass is 10.2. The molecule has 0 radical (unpaired) electrons. The molecule has 1 amide bonds. The number of benzene rings is 1. The maximum Gasteiger partial charge on any atom is 0.236 e. The highest BCUT2D eigenvalue weighted by molar-refractivity contribution is 5.78. The second-order valence-corrected chi connectivity index (χ2v) is 6.53. The SMILES string of the molecule is O=C(CN1CCCCCC1)N1CCN(c2ccc(F)cc2)CC1. The largest absolute Gasteiger partial charge is 0.368 e. The molecule has 0 aromatic heterocycles. The molecule has 23 heavy (non-hydrogen) atoms. The number of piperazine rings is 1. The highest BCUT2D eigenvalue weighted by Gasteiger charge is 2.23. The second-order valence-electron chi connectivity index (χ2n) is 6.53. The summed E-state index contributed by atoms with van der Waals surface area (Å²) in [5.74, 6) is 0.0469. The molecule has 0 bridgehead atoms. The third kappa shape index (κ3) is 4.44. The van der Waals surface area contributed by atoms with Gasteiger partial charge in [0.2, 0.25) is 5.91 Å². The van der Waals surface area contributed by atoms with Gasteiger partial charge in [-0.05, 0) is 50.2 Å². The third-order valence-corrected chi connectivity index (χ3v) is 4.88. The summed E-state index contributed by atoms with van der Waals surface area (Å²) in [5.41, 5.74) is 1.03. The van der Waals surface area contributed by atoms with Crippen LogP contribution < -0.4 is 4.90 Å². The Bertz CT molecular complexity index is 504. The van der Waals surface area contributed by atoms with Gasteiger partial charge in [0.1, 0.15) is 5.82 Å².